The molecule has 0 aliphatic heterocycles. The van der Waals surface area contributed by atoms with Gasteiger partial charge in [-0.25, -0.2) is 8.61 Å². The lowest BCUT2D eigenvalue weighted by atomic mass is 9.84. The van der Waals surface area contributed by atoms with Gasteiger partial charge in [0.15, 0.2) is 0 Å². The molecule has 1 aromatic heterocycles. The number of hydrogen-bond acceptors (Lipinski definition) is 4. The Morgan fingerprint density at radius 1 is 1.16 bits per heavy atom. The van der Waals surface area contributed by atoms with Gasteiger partial charge < -0.3 is 0 Å². The van der Waals surface area contributed by atoms with Crippen molar-refractivity contribution in [3.05, 3.63) is 41.6 Å². The third-order valence-corrected chi connectivity index (χ3v) is 6.13. The van der Waals surface area contributed by atoms with Gasteiger partial charge in [-0.2, -0.15) is 5.10 Å². The molecule has 136 valence electrons. The van der Waals surface area contributed by atoms with Crippen LogP contribution in [0.4, 0.5) is 0 Å². The Kier molecular flexibility index (Phi) is 6.20. The average Bonchev–Trinajstić information content (AvgIpc) is 3.10. The van der Waals surface area contributed by atoms with Crippen LogP contribution in [0.2, 0.25) is 0 Å². The highest BCUT2D eigenvalue weighted by atomic mass is 32.2. The Labute approximate surface area is 156 Å². The maximum Gasteiger partial charge on any atom is 0.0923 e. The second-order valence-electron chi connectivity index (χ2n) is 7.21. The molecule has 0 unspecified atom stereocenters. The van der Waals surface area contributed by atoms with E-state index in [0.29, 0.717) is 12.0 Å². The molecule has 1 aliphatic rings. The van der Waals surface area contributed by atoms with Crippen molar-refractivity contribution >= 4 is 12.1 Å². The molecule has 0 amide bonds. The molecule has 1 aromatic carbocycles. The third kappa shape index (κ3) is 4.66. The molecule has 1 heterocycles. The molecular weight excluding hydrogens is 328 g/mol. The zero-order valence-electron chi connectivity index (χ0n) is 15.8. The fourth-order valence-electron chi connectivity index (χ4n) is 3.77. The van der Waals surface area contributed by atoms with E-state index in [1.54, 1.807) is 0 Å². The molecule has 2 aromatic rings. The van der Waals surface area contributed by atoms with E-state index < -0.39 is 0 Å². The van der Waals surface area contributed by atoms with Crippen LogP contribution in [0.3, 0.4) is 0 Å². The SMILES string of the molecule is CCN(SN(C)C)C1CCC(c2cc(-c3cccc(C)c3)n[nH]2)CC1. The van der Waals surface area contributed by atoms with E-state index in [4.69, 9.17) is 0 Å². The highest BCUT2D eigenvalue weighted by molar-refractivity contribution is 7.94. The summed E-state index contributed by atoms with van der Waals surface area (Å²) < 4.78 is 4.72. The summed E-state index contributed by atoms with van der Waals surface area (Å²) in [5.41, 5.74) is 4.86. The summed E-state index contributed by atoms with van der Waals surface area (Å²) in [6.07, 6.45) is 5.01. The second-order valence-corrected chi connectivity index (χ2v) is 8.57. The zero-order chi connectivity index (χ0) is 17.8. The number of aromatic amines is 1. The van der Waals surface area contributed by atoms with Gasteiger partial charge in [-0.3, -0.25) is 5.10 Å². The van der Waals surface area contributed by atoms with Crippen LogP contribution in [0.15, 0.2) is 30.3 Å². The fraction of sp³-hybridized carbons (Fsp3) is 0.550. The smallest absolute Gasteiger partial charge is 0.0923 e. The van der Waals surface area contributed by atoms with Crippen molar-refractivity contribution in [1.82, 2.24) is 18.8 Å². The molecule has 3 rings (SSSR count). The zero-order valence-corrected chi connectivity index (χ0v) is 16.6. The number of aromatic nitrogens is 2. The molecular formula is C20H30N4S. The lowest BCUT2D eigenvalue weighted by Crippen LogP contribution is -2.34. The Morgan fingerprint density at radius 2 is 1.92 bits per heavy atom. The number of nitrogens with zero attached hydrogens (tertiary/aromatic N) is 3. The minimum Gasteiger partial charge on any atom is -0.282 e. The van der Waals surface area contributed by atoms with Gasteiger partial charge in [-0.15, -0.1) is 0 Å². The van der Waals surface area contributed by atoms with E-state index in [2.05, 4.69) is 77.1 Å². The molecule has 0 spiro atoms. The van der Waals surface area contributed by atoms with Crippen LogP contribution < -0.4 is 0 Å². The number of rotatable bonds is 6. The van der Waals surface area contributed by atoms with Crippen molar-refractivity contribution in [2.75, 3.05) is 20.6 Å². The second kappa shape index (κ2) is 8.39. The number of benzene rings is 1. The standard InChI is InChI=1S/C20H30N4S/c1-5-24(25-23(3)4)18-11-9-16(10-12-18)19-14-20(22-21-19)17-8-6-7-15(2)13-17/h6-8,13-14,16,18H,5,9-12H2,1-4H3,(H,21,22). The van der Waals surface area contributed by atoms with Crippen LogP contribution in [0.25, 0.3) is 11.3 Å². The first-order chi connectivity index (χ1) is 12.1. The van der Waals surface area contributed by atoms with Crippen LogP contribution >= 0.6 is 12.1 Å². The molecule has 4 nitrogen and oxygen atoms in total. The van der Waals surface area contributed by atoms with Crippen molar-refractivity contribution in [2.45, 2.75) is 51.5 Å². The van der Waals surface area contributed by atoms with Gasteiger partial charge in [0, 0.05) is 41.9 Å². The minimum absolute atomic E-state index is 0.616. The van der Waals surface area contributed by atoms with Crippen molar-refractivity contribution in [2.24, 2.45) is 0 Å². The first-order valence-corrected chi connectivity index (χ1v) is 10.0. The predicted molar refractivity (Wildman–Crippen MR) is 107 cm³/mol. The first kappa shape index (κ1) is 18.5. The third-order valence-electron chi connectivity index (χ3n) is 5.04. The molecule has 0 saturated heterocycles. The van der Waals surface area contributed by atoms with Crippen molar-refractivity contribution in [1.29, 1.82) is 0 Å². The van der Waals surface area contributed by atoms with Crippen molar-refractivity contribution < 1.29 is 0 Å². The van der Waals surface area contributed by atoms with Gasteiger partial charge >= 0.3 is 0 Å². The quantitative estimate of drug-likeness (QED) is 0.748. The van der Waals surface area contributed by atoms with Gasteiger partial charge in [0.2, 0.25) is 0 Å². The molecule has 0 atom stereocenters. The van der Waals surface area contributed by atoms with E-state index in [1.165, 1.54) is 42.5 Å². The summed E-state index contributed by atoms with van der Waals surface area (Å²) in [7, 11) is 4.24. The Hall–Kier alpha value is -1.30. The summed E-state index contributed by atoms with van der Waals surface area (Å²) in [5, 5.41) is 7.87. The molecule has 25 heavy (non-hydrogen) atoms. The summed E-state index contributed by atoms with van der Waals surface area (Å²) >= 11 is 1.85. The minimum atomic E-state index is 0.616. The van der Waals surface area contributed by atoms with Gasteiger partial charge in [-0.05, 0) is 58.8 Å². The lowest BCUT2D eigenvalue weighted by Gasteiger charge is -2.36. The highest BCUT2D eigenvalue weighted by Crippen LogP contribution is 2.37. The Bertz CT molecular complexity index is 674. The van der Waals surface area contributed by atoms with E-state index in [-0.39, 0.29) is 0 Å². The summed E-state index contributed by atoms with van der Waals surface area (Å²) in [4.78, 5) is 0. The largest absolute Gasteiger partial charge is 0.282 e. The fourth-order valence-corrected chi connectivity index (χ4v) is 4.64. The maximum absolute atomic E-state index is 4.57. The van der Waals surface area contributed by atoms with E-state index in [0.717, 1.165) is 12.2 Å². The summed E-state index contributed by atoms with van der Waals surface area (Å²) in [5.74, 6) is 0.616. The molecule has 1 aliphatic carbocycles. The Morgan fingerprint density at radius 3 is 2.56 bits per heavy atom. The first-order valence-electron chi connectivity index (χ1n) is 9.31. The van der Waals surface area contributed by atoms with Crippen LogP contribution in [0, 0.1) is 6.92 Å². The highest BCUT2D eigenvalue weighted by Gasteiger charge is 2.27. The van der Waals surface area contributed by atoms with Crippen LogP contribution in [-0.2, 0) is 0 Å². The summed E-state index contributed by atoms with van der Waals surface area (Å²) in [6.45, 7) is 5.48. The average molecular weight is 359 g/mol. The molecule has 0 bridgehead atoms. The topological polar surface area (TPSA) is 35.2 Å². The molecule has 1 N–H and O–H groups in total. The van der Waals surface area contributed by atoms with Crippen molar-refractivity contribution in [3.8, 4) is 11.3 Å². The normalized spacial score (nSPS) is 21.2. The molecule has 1 saturated carbocycles. The van der Waals surface area contributed by atoms with Gasteiger partial charge in [0.25, 0.3) is 0 Å². The monoisotopic (exact) mass is 358 g/mol. The van der Waals surface area contributed by atoms with Gasteiger partial charge in [0.1, 0.15) is 0 Å². The number of H-pyrrole nitrogens is 1. The Balaban J connectivity index is 1.62. The number of nitrogens with one attached hydrogen (secondary N) is 1. The van der Waals surface area contributed by atoms with Crippen molar-refractivity contribution in [3.63, 3.8) is 0 Å². The van der Waals surface area contributed by atoms with Gasteiger partial charge in [-0.1, -0.05) is 30.7 Å². The van der Waals surface area contributed by atoms with Crippen LogP contribution in [0.1, 0.15) is 49.8 Å². The number of hydrogen-bond donors (Lipinski definition) is 1. The summed E-state index contributed by atoms with van der Waals surface area (Å²) in [6, 6.07) is 11.5. The van der Waals surface area contributed by atoms with Crippen LogP contribution in [-0.4, -0.2) is 45.5 Å². The molecule has 0 radical (unpaired) electrons. The van der Waals surface area contributed by atoms with Gasteiger partial charge in [0.05, 0.1) is 5.69 Å². The van der Waals surface area contributed by atoms with Crippen LogP contribution in [0.5, 0.6) is 0 Å². The predicted octanol–water partition coefficient (Wildman–Crippen LogP) is 4.86. The number of aryl methyl sites for hydroxylation is 1. The molecule has 5 heteroatoms. The van der Waals surface area contributed by atoms with E-state index >= 15 is 0 Å². The van der Waals surface area contributed by atoms with E-state index in [9.17, 15) is 0 Å². The molecule has 1 fully saturated rings. The van der Waals surface area contributed by atoms with E-state index in [1.807, 2.05) is 12.1 Å². The lowest BCUT2D eigenvalue weighted by molar-refractivity contribution is 0.257. The maximum atomic E-state index is 4.57.